The maximum absolute atomic E-state index is 12.6. The van der Waals surface area contributed by atoms with Crippen molar-refractivity contribution in [3.8, 4) is 6.07 Å². The van der Waals surface area contributed by atoms with Gasteiger partial charge in [-0.1, -0.05) is 12.1 Å². The second-order valence-electron chi connectivity index (χ2n) is 6.24. The summed E-state index contributed by atoms with van der Waals surface area (Å²) in [4.78, 5) is 28.1. The Morgan fingerprint density at radius 3 is 2.52 bits per heavy atom. The average Bonchev–Trinajstić information content (AvgIpc) is 3.47. The lowest BCUT2D eigenvalue weighted by Crippen LogP contribution is -2.16. The molecule has 0 spiro atoms. The highest BCUT2D eigenvalue weighted by molar-refractivity contribution is 6.04. The number of benzene rings is 1. The number of anilines is 1. The Balaban J connectivity index is 1.80. The molecule has 1 atom stereocenters. The number of halogens is 3. The molecule has 8 heteroatoms. The van der Waals surface area contributed by atoms with E-state index in [2.05, 4.69) is 10.3 Å². The number of pyridine rings is 1. The van der Waals surface area contributed by atoms with Crippen LogP contribution in [0.1, 0.15) is 40.4 Å². The van der Waals surface area contributed by atoms with Crippen LogP contribution in [0.25, 0.3) is 0 Å². The number of nitrogens with one attached hydrogen (secondary N) is 1. The number of carbonyl (C=O) groups is 2. The number of amides is 1. The first-order valence-electron chi connectivity index (χ1n) is 8.17. The summed E-state index contributed by atoms with van der Waals surface area (Å²) in [6.45, 7) is 0. The van der Waals surface area contributed by atoms with E-state index in [0.29, 0.717) is 11.9 Å². The van der Waals surface area contributed by atoms with E-state index in [1.807, 2.05) is 0 Å². The van der Waals surface area contributed by atoms with Crippen LogP contribution in [0.2, 0.25) is 0 Å². The Bertz CT molecular complexity index is 913. The number of aromatic nitrogens is 1. The van der Waals surface area contributed by atoms with Crippen LogP contribution in [-0.4, -0.2) is 16.7 Å². The number of ketones is 1. The molecular formula is C19H14F3N3O2. The highest BCUT2D eigenvalue weighted by Crippen LogP contribution is 2.31. The predicted molar refractivity (Wildman–Crippen MR) is 89.7 cm³/mol. The van der Waals surface area contributed by atoms with Crippen LogP contribution in [0.15, 0.2) is 42.6 Å². The van der Waals surface area contributed by atoms with Crippen molar-refractivity contribution in [2.45, 2.75) is 24.9 Å². The SMILES string of the molecule is N#CC(C(=O)c1cccc(NC(=O)C2CC2)c1)c1ccc(C(F)(F)F)cn1. The second kappa shape index (κ2) is 7.19. The van der Waals surface area contributed by atoms with Gasteiger partial charge in [-0.15, -0.1) is 0 Å². The van der Waals surface area contributed by atoms with Crippen molar-refractivity contribution in [3.05, 3.63) is 59.4 Å². The van der Waals surface area contributed by atoms with Crippen molar-refractivity contribution in [2.75, 3.05) is 5.32 Å². The summed E-state index contributed by atoms with van der Waals surface area (Å²) in [7, 11) is 0. The van der Waals surface area contributed by atoms with Crippen LogP contribution in [0.5, 0.6) is 0 Å². The Hall–Kier alpha value is -3.21. The summed E-state index contributed by atoms with van der Waals surface area (Å²) in [5, 5.41) is 12.0. The van der Waals surface area contributed by atoms with Crippen LogP contribution in [0, 0.1) is 17.2 Å². The number of Topliss-reactive ketones (excluding diaryl/α,β-unsaturated/α-hetero) is 1. The number of nitriles is 1. The van der Waals surface area contributed by atoms with Crippen LogP contribution in [-0.2, 0) is 11.0 Å². The minimum atomic E-state index is -4.55. The third-order valence-corrected chi connectivity index (χ3v) is 4.16. The molecule has 1 aliphatic rings. The lowest BCUT2D eigenvalue weighted by molar-refractivity contribution is -0.137. The zero-order valence-corrected chi connectivity index (χ0v) is 14.0. The van der Waals surface area contributed by atoms with E-state index in [1.54, 1.807) is 18.2 Å². The van der Waals surface area contributed by atoms with E-state index < -0.39 is 23.4 Å². The van der Waals surface area contributed by atoms with Crippen molar-refractivity contribution < 1.29 is 22.8 Å². The van der Waals surface area contributed by atoms with Crippen molar-refractivity contribution in [1.29, 1.82) is 5.26 Å². The normalized spacial score (nSPS) is 14.9. The van der Waals surface area contributed by atoms with Gasteiger partial charge in [-0.05, 0) is 37.1 Å². The molecule has 1 unspecified atom stereocenters. The van der Waals surface area contributed by atoms with Crippen molar-refractivity contribution in [1.82, 2.24) is 4.98 Å². The van der Waals surface area contributed by atoms with Gasteiger partial charge in [-0.2, -0.15) is 18.4 Å². The molecule has 1 amide bonds. The number of rotatable bonds is 5. The van der Waals surface area contributed by atoms with Gasteiger partial charge in [0.1, 0.15) is 0 Å². The summed E-state index contributed by atoms with van der Waals surface area (Å²) >= 11 is 0. The fourth-order valence-corrected chi connectivity index (χ4v) is 2.51. The fraction of sp³-hybridized carbons (Fsp3) is 0.263. The highest BCUT2D eigenvalue weighted by atomic mass is 19.4. The molecule has 1 heterocycles. The molecule has 1 fully saturated rings. The highest BCUT2D eigenvalue weighted by Gasteiger charge is 2.32. The van der Waals surface area contributed by atoms with E-state index in [9.17, 15) is 28.0 Å². The number of nitrogens with zero attached hydrogens (tertiary/aromatic N) is 2. The molecule has 0 saturated heterocycles. The first-order valence-corrected chi connectivity index (χ1v) is 8.17. The van der Waals surface area contributed by atoms with Gasteiger partial charge in [0.2, 0.25) is 5.91 Å². The van der Waals surface area contributed by atoms with Crippen LogP contribution >= 0.6 is 0 Å². The molecule has 0 aliphatic heterocycles. The van der Waals surface area contributed by atoms with Crippen LogP contribution in [0.4, 0.5) is 18.9 Å². The molecule has 1 aromatic heterocycles. The van der Waals surface area contributed by atoms with Gasteiger partial charge in [0.15, 0.2) is 11.7 Å². The van der Waals surface area contributed by atoms with Crippen LogP contribution in [0.3, 0.4) is 0 Å². The zero-order chi connectivity index (χ0) is 19.6. The van der Waals surface area contributed by atoms with Gasteiger partial charge in [0, 0.05) is 23.4 Å². The smallest absolute Gasteiger partial charge is 0.326 e. The monoisotopic (exact) mass is 373 g/mol. The molecule has 0 bridgehead atoms. The predicted octanol–water partition coefficient (Wildman–Crippen LogP) is 3.94. The third-order valence-electron chi connectivity index (χ3n) is 4.16. The molecule has 1 N–H and O–H groups in total. The molecule has 1 aromatic carbocycles. The number of carbonyl (C=O) groups excluding carboxylic acids is 2. The lowest BCUT2D eigenvalue weighted by atomic mass is 9.95. The summed E-state index contributed by atoms with van der Waals surface area (Å²) in [5.41, 5.74) is -0.435. The Kier molecular flexibility index (Phi) is 4.95. The van der Waals surface area contributed by atoms with Crippen LogP contribution < -0.4 is 5.32 Å². The number of hydrogen-bond donors (Lipinski definition) is 1. The molecule has 2 aromatic rings. The fourth-order valence-electron chi connectivity index (χ4n) is 2.51. The van der Waals surface area contributed by atoms with E-state index >= 15 is 0 Å². The van der Waals surface area contributed by atoms with Gasteiger partial charge in [0.05, 0.1) is 17.3 Å². The maximum atomic E-state index is 12.6. The Morgan fingerprint density at radius 2 is 1.96 bits per heavy atom. The van der Waals surface area contributed by atoms with Gasteiger partial charge in [-0.25, -0.2) is 0 Å². The zero-order valence-electron chi connectivity index (χ0n) is 14.0. The first-order chi connectivity index (χ1) is 12.8. The molecule has 1 saturated carbocycles. The molecule has 138 valence electrons. The van der Waals surface area contributed by atoms with E-state index in [4.69, 9.17) is 0 Å². The molecule has 5 nitrogen and oxygen atoms in total. The van der Waals surface area contributed by atoms with Crippen molar-refractivity contribution in [3.63, 3.8) is 0 Å². The summed E-state index contributed by atoms with van der Waals surface area (Å²) in [6, 6.07) is 9.68. The quantitative estimate of drug-likeness (QED) is 0.805. The third kappa shape index (κ3) is 4.31. The Morgan fingerprint density at radius 1 is 1.22 bits per heavy atom. The summed E-state index contributed by atoms with van der Waals surface area (Å²) in [6.07, 6.45) is -2.29. The molecule has 1 aliphatic carbocycles. The first kappa shape index (κ1) is 18.6. The molecule has 27 heavy (non-hydrogen) atoms. The van der Waals surface area contributed by atoms with Gasteiger partial charge in [0.25, 0.3) is 0 Å². The Labute approximate surface area is 152 Å². The van der Waals surface area contributed by atoms with E-state index in [0.717, 1.165) is 25.0 Å². The molecular weight excluding hydrogens is 359 g/mol. The largest absolute Gasteiger partial charge is 0.417 e. The molecule has 3 rings (SSSR count). The topological polar surface area (TPSA) is 82.9 Å². The lowest BCUT2D eigenvalue weighted by Gasteiger charge is -2.11. The van der Waals surface area contributed by atoms with Crippen molar-refractivity contribution >= 4 is 17.4 Å². The average molecular weight is 373 g/mol. The van der Waals surface area contributed by atoms with Gasteiger partial charge >= 0.3 is 6.18 Å². The standard InChI is InChI=1S/C19H14F3N3O2/c20-19(21,22)13-6-7-16(24-10-13)15(9-23)17(26)12-2-1-3-14(8-12)25-18(27)11-4-5-11/h1-3,6-8,10-11,15H,4-5H2,(H,25,27). The second-order valence-corrected chi connectivity index (χ2v) is 6.24. The molecule has 0 radical (unpaired) electrons. The van der Waals surface area contributed by atoms with Gasteiger partial charge < -0.3 is 5.32 Å². The minimum absolute atomic E-state index is 0.00689. The number of alkyl halides is 3. The van der Waals surface area contributed by atoms with E-state index in [1.165, 1.54) is 12.1 Å². The minimum Gasteiger partial charge on any atom is -0.326 e. The summed E-state index contributed by atoms with van der Waals surface area (Å²) < 4.78 is 37.9. The summed E-state index contributed by atoms with van der Waals surface area (Å²) in [5.74, 6) is -2.08. The van der Waals surface area contributed by atoms with Gasteiger partial charge in [-0.3, -0.25) is 14.6 Å². The maximum Gasteiger partial charge on any atom is 0.417 e. The number of hydrogen-bond acceptors (Lipinski definition) is 4. The van der Waals surface area contributed by atoms with Crippen molar-refractivity contribution in [2.24, 2.45) is 5.92 Å². The van der Waals surface area contributed by atoms with E-state index in [-0.39, 0.29) is 23.1 Å².